The highest BCUT2D eigenvalue weighted by Crippen LogP contribution is 2.27. The zero-order valence-electron chi connectivity index (χ0n) is 11.7. The summed E-state index contributed by atoms with van der Waals surface area (Å²) in [6, 6.07) is 12.5. The Labute approximate surface area is 128 Å². The molecule has 0 fully saturated rings. The van der Waals surface area contributed by atoms with Crippen LogP contribution in [0.5, 0.6) is 5.75 Å². The summed E-state index contributed by atoms with van der Waals surface area (Å²) in [5, 5.41) is 3.31. The number of hydrogen-bond acceptors (Lipinski definition) is 3. The number of methoxy groups -OCH3 is 1. The maximum Gasteiger partial charge on any atom is 0.255 e. The number of rotatable bonds is 5. The molecular weight excluding hydrogens is 288 g/mol. The van der Waals surface area contributed by atoms with Crippen LogP contribution in [0.3, 0.4) is 0 Å². The van der Waals surface area contributed by atoms with Gasteiger partial charge in [-0.3, -0.25) is 4.79 Å². The number of nitrogens with one attached hydrogen (secondary N) is 1. The van der Waals surface area contributed by atoms with Crippen LogP contribution in [0.2, 0.25) is 5.02 Å². The Kier molecular flexibility index (Phi) is 5.20. The van der Waals surface area contributed by atoms with Crippen LogP contribution in [0, 0.1) is 0 Å². The second-order valence-corrected chi connectivity index (χ2v) is 4.95. The van der Waals surface area contributed by atoms with E-state index in [9.17, 15) is 4.79 Å². The number of amides is 1. The number of hydrogen-bond donors (Lipinski definition) is 2. The van der Waals surface area contributed by atoms with Crippen molar-refractivity contribution < 1.29 is 9.53 Å². The molecule has 0 unspecified atom stereocenters. The van der Waals surface area contributed by atoms with Gasteiger partial charge in [-0.05, 0) is 42.8 Å². The van der Waals surface area contributed by atoms with Gasteiger partial charge in [-0.15, -0.1) is 0 Å². The van der Waals surface area contributed by atoms with E-state index in [1.807, 2.05) is 12.1 Å². The molecule has 0 radical (unpaired) electrons. The molecule has 110 valence electrons. The van der Waals surface area contributed by atoms with Gasteiger partial charge in [0, 0.05) is 17.3 Å². The van der Waals surface area contributed by atoms with Crippen LogP contribution in [0.25, 0.3) is 0 Å². The van der Waals surface area contributed by atoms with Crippen molar-refractivity contribution in [1.29, 1.82) is 0 Å². The molecule has 2 rings (SSSR count). The van der Waals surface area contributed by atoms with E-state index in [2.05, 4.69) is 5.32 Å². The Balaban J connectivity index is 2.10. The van der Waals surface area contributed by atoms with Crippen molar-refractivity contribution in [3.8, 4) is 5.75 Å². The predicted molar refractivity (Wildman–Crippen MR) is 85.2 cm³/mol. The first-order chi connectivity index (χ1) is 10.1. The van der Waals surface area contributed by atoms with Crippen LogP contribution in [0.4, 0.5) is 5.69 Å². The van der Waals surface area contributed by atoms with Crippen LogP contribution in [-0.4, -0.2) is 19.6 Å². The van der Waals surface area contributed by atoms with Gasteiger partial charge in [0.25, 0.3) is 5.91 Å². The van der Waals surface area contributed by atoms with E-state index in [1.54, 1.807) is 30.3 Å². The van der Waals surface area contributed by atoms with Crippen molar-refractivity contribution in [2.75, 3.05) is 19.0 Å². The molecule has 0 heterocycles. The van der Waals surface area contributed by atoms with Crippen molar-refractivity contribution in [3.63, 3.8) is 0 Å². The first-order valence-electron chi connectivity index (χ1n) is 6.58. The molecule has 0 saturated heterocycles. The summed E-state index contributed by atoms with van der Waals surface area (Å²) < 4.78 is 5.12. The number of benzene rings is 2. The van der Waals surface area contributed by atoms with Crippen LogP contribution in [-0.2, 0) is 6.42 Å². The summed E-state index contributed by atoms with van der Waals surface area (Å²) in [5.74, 6) is 0.339. The lowest BCUT2D eigenvalue weighted by Crippen LogP contribution is -2.12. The third-order valence-corrected chi connectivity index (χ3v) is 3.37. The van der Waals surface area contributed by atoms with Gasteiger partial charge < -0.3 is 15.8 Å². The molecule has 5 heteroatoms. The SMILES string of the molecule is COc1cc(NC(=O)c2ccc(CCN)cc2)ccc1Cl. The van der Waals surface area contributed by atoms with Gasteiger partial charge in [-0.1, -0.05) is 23.7 Å². The van der Waals surface area contributed by atoms with Gasteiger partial charge in [0.05, 0.1) is 12.1 Å². The Bertz CT molecular complexity index is 627. The second-order valence-electron chi connectivity index (χ2n) is 4.54. The summed E-state index contributed by atoms with van der Waals surface area (Å²) in [4.78, 5) is 12.2. The second kappa shape index (κ2) is 7.11. The molecule has 2 aromatic rings. The van der Waals surface area contributed by atoms with Crippen molar-refractivity contribution in [2.45, 2.75) is 6.42 Å². The number of carbonyl (C=O) groups is 1. The molecule has 4 nitrogen and oxygen atoms in total. The molecule has 0 aliphatic rings. The third kappa shape index (κ3) is 3.97. The Morgan fingerprint density at radius 3 is 2.57 bits per heavy atom. The van der Waals surface area contributed by atoms with Crippen LogP contribution >= 0.6 is 11.6 Å². The Morgan fingerprint density at radius 2 is 1.95 bits per heavy atom. The number of ether oxygens (including phenoxy) is 1. The molecule has 0 saturated carbocycles. The van der Waals surface area contributed by atoms with Gasteiger partial charge in [-0.2, -0.15) is 0 Å². The molecule has 1 amide bonds. The maximum atomic E-state index is 12.2. The summed E-state index contributed by atoms with van der Waals surface area (Å²) >= 11 is 5.95. The summed E-state index contributed by atoms with van der Waals surface area (Å²) in [7, 11) is 1.53. The lowest BCUT2D eigenvalue weighted by Gasteiger charge is -2.09. The van der Waals surface area contributed by atoms with E-state index in [1.165, 1.54) is 7.11 Å². The maximum absolute atomic E-state index is 12.2. The predicted octanol–water partition coefficient (Wildman–Crippen LogP) is 3.10. The monoisotopic (exact) mass is 304 g/mol. The summed E-state index contributed by atoms with van der Waals surface area (Å²) in [6.07, 6.45) is 0.802. The van der Waals surface area contributed by atoms with Gasteiger partial charge in [0.15, 0.2) is 0 Å². The normalized spacial score (nSPS) is 10.2. The van der Waals surface area contributed by atoms with Crippen LogP contribution in [0.15, 0.2) is 42.5 Å². The number of halogens is 1. The fourth-order valence-corrected chi connectivity index (χ4v) is 2.12. The van der Waals surface area contributed by atoms with Gasteiger partial charge in [-0.25, -0.2) is 0 Å². The zero-order valence-corrected chi connectivity index (χ0v) is 12.5. The minimum Gasteiger partial charge on any atom is -0.495 e. The van der Waals surface area contributed by atoms with Crippen molar-refractivity contribution in [1.82, 2.24) is 0 Å². The Morgan fingerprint density at radius 1 is 1.24 bits per heavy atom. The van der Waals surface area contributed by atoms with E-state index in [-0.39, 0.29) is 5.91 Å². The Hall–Kier alpha value is -2.04. The van der Waals surface area contributed by atoms with Crippen molar-refractivity contribution in [2.24, 2.45) is 5.73 Å². The third-order valence-electron chi connectivity index (χ3n) is 3.06. The lowest BCUT2D eigenvalue weighted by molar-refractivity contribution is 0.102. The molecule has 2 aromatic carbocycles. The summed E-state index contributed by atoms with van der Waals surface area (Å²) in [6.45, 7) is 0.593. The van der Waals surface area contributed by atoms with Crippen LogP contribution < -0.4 is 15.8 Å². The average Bonchev–Trinajstić information content (AvgIpc) is 2.50. The smallest absolute Gasteiger partial charge is 0.255 e. The number of anilines is 1. The van der Waals surface area contributed by atoms with Gasteiger partial charge >= 0.3 is 0 Å². The molecule has 3 N–H and O–H groups in total. The minimum atomic E-state index is -0.182. The van der Waals surface area contributed by atoms with E-state index in [0.29, 0.717) is 28.6 Å². The van der Waals surface area contributed by atoms with Crippen molar-refractivity contribution >= 4 is 23.2 Å². The molecule has 0 atom stereocenters. The van der Waals surface area contributed by atoms with Crippen molar-refractivity contribution in [3.05, 3.63) is 58.6 Å². The van der Waals surface area contributed by atoms with E-state index >= 15 is 0 Å². The molecule has 0 bridgehead atoms. The molecular formula is C16H17ClN2O2. The molecule has 21 heavy (non-hydrogen) atoms. The highest BCUT2D eigenvalue weighted by atomic mass is 35.5. The fourth-order valence-electron chi connectivity index (χ4n) is 1.93. The molecule has 0 spiro atoms. The van der Waals surface area contributed by atoms with Gasteiger partial charge in [0.2, 0.25) is 0 Å². The average molecular weight is 305 g/mol. The van der Waals surface area contributed by atoms with E-state index in [4.69, 9.17) is 22.1 Å². The van der Waals surface area contributed by atoms with Gasteiger partial charge in [0.1, 0.15) is 5.75 Å². The fraction of sp³-hybridized carbons (Fsp3) is 0.188. The topological polar surface area (TPSA) is 64.3 Å². The lowest BCUT2D eigenvalue weighted by atomic mass is 10.1. The highest BCUT2D eigenvalue weighted by Gasteiger charge is 2.08. The van der Waals surface area contributed by atoms with Crippen LogP contribution in [0.1, 0.15) is 15.9 Å². The minimum absolute atomic E-state index is 0.182. The molecule has 0 aliphatic heterocycles. The highest BCUT2D eigenvalue weighted by molar-refractivity contribution is 6.32. The number of carbonyl (C=O) groups excluding carboxylic acids is 1. The van der Waals surface area contributed by atoms with E-state index in [0.717, 1.165) is 12.0 Å². The standard InChI is InChI=1S/C16H17ClN2O2/c1-21-15-10-13(6-7-14(15)17)19-16(20)12-4-2-11(3-5-12)8-9-18/h2-7,10H,8-9,18H2,1H3,(H,19,20). The summed E-state index contributed by atoms with van der Waals surface area (Å²) in [5.41, 5.74) is 7.83. The molecule has 0 aliphatic carbocycles. The zero-order chi connectivity index (χ0) is 15.2. The number of nitrogens with two attached hydrogens (primary N) is 1. The van der Waals surface area contributed by atoms with E-state index < -0.39 is 0 Å². The molecule has 0 aromatic heterocycles. The quantitative estimate of drug-likeness (QED) is 0.892. The first kappa shape index (κ1) is 15.4. The largest absolute Gasteiger partial charge is 0.495 e. The first-order valence-corrected chi connectivity index (χ1v) is 6.95.